The molecular formula is C13H12F3N5O4. The quantitative estimate of drug-likeness (QED) is 0.825. The zero-order chi connectivity index (χ0) is 18.2. The fourth-order valence-corrected chi connectivity index (χ4v) is 2.58. The molecule has 12 heteroatoms. The van der Waals surface area contributed by atoms with E-state index in [1.165, 1.54) is 0 Å². The fourth-order valence-electron chi connectivity index (χ4n) is 2.58. The monoisotopic (exact) mass is 359 g/mol. The van der Waals surface area contributed by atoms with Crippen LogP contribution in [0.1, 0.15) is 36.3 Å². The maximum absolute atomic E-state index is 12.5. The van der Waals surface area contributed by atoms with Gasteiger partial charge in [-0.05, 0) is 6.42 Å². The molecule has 1 aliphatic heterocycles. The maximum Gasteiger partial charge on any atom is 0.507 e. The second kappa shape index (κ2) is 6.18. The van der Waals surface area contributed by atoms with E-state index in [2.05, 4.69) is 15.1 Å². The first kappa shape index (κ1) is 16.9. The number of hydrogen-bond donors (Lipinski definition) is 1. The van der Waals surface area contributed by atoms with Crippen LogP contribution in [0.15, 0.2) is 17.2 Å². The highest BCUT2D eigenvalue weighted by molar-refractivity contribution is 5.56. The van der Waals surface area contributed by atoms with Gasteiger partial charge >= 0.3 is 18.0 Å². The van der Waals surface area contributed by atoms with Gasteiger partial charge in [-0.3, -0.25) is 0 Å². The van der Waals surface area contributed by atoms with E-state index in [1.807, 2.05) is 0 Å². The smallest absolute Gasteiger partial charge is 0.450 e. The molecule has 1 aliphatic rings. The average Bonchev–Trinajstić information content (AvgIpc) is 2.84. The highest BCUT2D eigenvalue weighted by atomic mass is 19.4. The van der Waals surface area contributed by atoms with E-state index in [4.69, 9.17) is 9.84 Å². The molecule has 9 nitrogen and oxygen atoms in total. The highest BCUT2D eigenvalue weighted by Gasteiger charge is 2.34. The van der Waals surface area contributed by atoms with E-state index in [0.29, 0.717) is 25.1 Å². The van der Waals surface area contributed by atoms with Gasteiger partial charge in [-0.15, -0.1) is 0 Å². The largest absolute Gasteiger partial charge is 0.507 e. The number of alkyl halides is 3. The van der Waals surface area contributed by atoms with Crippen LogP contribution < -0.4 is 5.69 Å². The summed E-state index contributed by atoms with van der Waals surface area (Å²) in [6.07, 6.45) is -3.79. The van der Waals surface area contributed by atoms with Gasteiger partial charge in [-0.25, -0.2) is 28.8 Å². The van der Waals surface area contributed by atoms with Gasteiger partial charge in [0.1, 0.15) is 5.82 Å². The number of carboxylic acid groups (broad SMARTS) is 1. The zero-order valence-corrected chi connectivity index (χ0v) is 12.6. The molecule has 0 bridgehead atoms. The lowest BCUT2D eigenvalue weighted by Crippen LogP contribution is -2.33. The minimum Gasteiger partial charge on any atom is -0.450 e. The van der Waals surface area contributed by atoms with Crippen molar-refractivity contribution >= 4 is 6.16 Å². The molecule has 0 fully saturated rings. The van der Waals surface area contributed by atoms with E-state index < -0.39 is 30.1 Å². The van der Waals surface area contributed by atoms with Crippen molar-refractivity contribution in [2.45, 2.75) is 38.2 Å². The fraction of sp³-hybridized carbons (Fsp3) is 0.462. The normalized spacial score (nSPS) is 17.2. The number of hydrogen-bond acceptors (Lipinski definition) is 6. The summed E-state index contributed by atoms with van der Waals surface area (Å²) in [6, 6.07) is 0. The van der Waals surface area contributed by atoms with Gasteiger partial charge in [0.2, 0.25) is 5.82 Å². The molecular weight excluding hydrogens is 347 g/mol. The molecule has 3 rings (SSSR count). The van der Waals surface area contributed by atoms with Gasteiger partial charge in [0.15, 0.2) is 6.23 Å². The van der Waals surface area contributed by atoms with Crippen LogP contribution in [0, 0.1) is 0 Å². The molecule has 0 radical (unpaired) electrons. The van der Waals surface area contributed by atoms with Crippen LogP contribution in [0.2, 0.25) is 0 Å². The van der Waals surface area contributed by atoms with E-state index >= 15 is 0 Å². The van der Waals surface area contributed by atoms with E-state index in [1.54, 1.807) is 0 Å². The van der Waals surface area contributed by atoms with Crippen LogP contribution >= 0.6 is 0 Å². The van der Waals surface area contributed by atoms with Gasteiger partial charge in [0.25, 0.3) is 0 Å². The summed E-state index contributed by atoms with van der Waals surface area (Å²) in [5.74, 6) is -0.919. The summed E-state index contributed by atoms with van der Waals surface area (Å²) in [5.41, 5.74) is -0.359. The molecule has 1 N–H and O–H groups in total. The summed E-state index contributed by atoms with van der Waals surface area (Å²) in [5, 5.41) is 12.8. The molecule has 1 atom stereocenters. The van der Waals surface area contributed by atoms with Gasteiger partial charge in [0.05, 0.1) is 6.54 Å². The van der Waals surface area contributed by atoms with Crippen LogP contribution in [0.25, 0.3) is 0 Å². The molecule has 2 aromatic heterocycles. The standard InChI is InChI=1S/C13H12F3N5O4/c14-13(15,16)10-17-4-7(5-18-10)6-20-11(22)21-8(19-20)2-1-3-9(21)25-12(23)24/h4-5,9H,1-3,6H2,(H,23,24)/t9-/m0/s1. The van der Waals surface area contributed by atoms with Crippen molar-refractivity contribution in [1.82, 2.24) is 24.3 Å². The summed E-state index contributed by atoms with van der Waals surface area (Å²) >= 11 is 0. The molecule has 3 heterocycles. The maximum atomic E-state index is 12.5. The number of carbonyl (C=O) groups is 1. The lowest BCUT2D eigenvalue weighted by molar-refractivity contribution is -0.145. The van der Waals surface area contributed by atoms with Crippen molar-refractivity contribution in [3.63, 3.8) is 0 Å². The molecule has 0 aliphatic carbocycles. The Morgan fingerprint density at radius 3 is 2.64 bits per heavy atom. The van der Waals surface area contributed by atoms with Crippen LogP contribution in [0.5, 0.6) is 0 Å². The van der Waals surface area contributed by atoms with E-state index in [9.17, 15) is 22.8 Å². The zero-order valence-electron chi connectivity index (χ0n) is 12.6. The first-order valence-corrected chi connectivity index (χ1v) is 7.21. The Morgan fingerprint density at radius 1 is 1.36 bits per heavy atom. The highest BCUT2D eigenvalue weighted by Crippen LogP contribution is 2.25. The number of aromatic nitrogens is 5. The van der Waals surface area contributed by atoms with Gasteiger partial charge in [-0.2, -0.15) is 18.3 Å². The first-order chi connectivity index (χ1) is 11.8. The third-order valence-electron chi connectivity index (χ3n) is 3.61. The summed E-state index contributed by atoms with van der Waals surface area (Å²) in [6.45, 7) is -0.142. The lowest BCUT2D eigenvalue weighted by Gasteiger charge is -2.21. The molecule has 0 aromatic carbocycles. The third-order valence-corrected chi connectivity index (χ3v) is 3.61. The number of fused-ring (bicyclic) bond motifs is 1. The van der Waals surface area contributed by atoms with Gasteiger partial charge in [-0.1, -0.05) is 0 Å². The SMILES string of the molecule is O=C(O)O[C@H]1CCCc2nn(Cc3cnc(C(F)(F)F)nc3)c(=O)n21. The average molecular weight is 359 g/mol. The van der Waals surface area contributed by atoms with Crippen LogP contribution in [0.4, 0.5) is 18.0 Å². The van der Waals surface area contributed by atoms with Crippen LogP contribution in [-0.2, 0) is 23.9 Å². The Bertz CT molecular complexity index is 843. The van der Waals surface area contributed by atoms with E-state index in [-0.39, 0.29) is 12.1 Å². The van der Waals surface area contributed by atoms with Gasteiger partial charge < -0.3 is 9.84 Å². The number of ether oxygens (including phenoxy) is 1. The topological polar surface area (TPSA) is 112 Å². The molecule has 0 saturated heterocycles. The molecule has 134 valence electrons. The number of halogens is 3. The predicted molar refractivity (Wildman–Crippen MR) is 73.7 cm³/mol. The predicted octanol–water partition coefficient (Wildman–Crippen LogP) is 1.43. The van der Waals surface area contributed by atoms with Gasteiger partial charge in [0, 0.05) is 30.8 Å². The summed E-state index contributed by atoms with van der Waals surface area (Å²) < 4.78 is 44.2. The van der Waals surface area contributed by atoms with Crippen LogP contribution in [-0.4, -0.2) is 35.6 Å². The second-order valence-corrected chi connectivity index (χ2v) is 5.37. The molecule has 0 unspecified atom stereocenters. The summed E-state index contributed by atoms with van der Waals surface area (Å²) in [4.78, 5) is 29.6. The molecule has 0 spiro atoms. The Hall–Kier alpha value is -2.92. The number of nitrogens with zero attached hydrogens (tertiary/aromatic N) is 5. The van der Waals surface area contributed by atoms with Crippen molar-refractivity contribution < 1.29 is 27.8 Å². The molecule has 0 amide bonds. The second-order valence-electron chi connectivity index (χ2n) is 5.37. The van der Waals surface area contributed by atoms with E-state index in [0.717, 1.165) is 21.6 Å². The number of aryl methyl sites for hydroxylation is 1. The Balaban J connectivity index is 1.86. The molecule has 2 aromatic rings. The Labute approximate surface area is 137 Å². The number of rotatable bonds is 3. The molecule has 0 saturated carbocycles. The minimum absolute atomic E-state index is 0.142. The van der Waals surface area contributed by atoms with Crippen molar-refractivity contribution in [2.75, 3.05) is 0 Å². The van der Waals surface area contributed by atoms with Crippen molar-refractivity contribution in [3.05, 3.63) is 40.1 Å². The van der Waals surface area contributed by atoms with Crippen LogP contribution in [0.3, 0.4) is 0 Å². The van der Waals surface area contributed by atoms with Crippen molar-refractivity contribution in [1.29, 1.82) is 0 Å². The Morgan fingerprint density at radius 2 is 2.04 bits per heavy atom. The van der Waals surface area contributed by atoms with Crippen molar-refractivity contribution in [2.24, 2.45) is 0 Å². The molecule has 25 heavy (non-hydrogen) atoms. The Kier molecular flexibility index (Phi) is 4.18. The third kappa shape index (κ3) is 3.46. The minimum atomic E-state index is -4.65. The summed E-state index contributed by atoms with van der Waals surface area (Å²) in [7, 11) is 0. The first-order valence-electron chi connectivity index (χ1n) is 7.21. The van der Waals surface area contributed by atoms with Crippen molar-refractivity contribution in [3.8, 4) is 0 Å². The lowest BCUT2D eigenvalue weighted by atomic mass is 10.1.